The van der Waals surface area contributed by atoms with Gasteiger partial charge in [-0.1, -0.05) is 13.8 Å². The lowest BCUT2D eigenvalue weighted by atomic mass is 10.1. The number of hydrogen-bond acceptors (Lipinski definition) is 4. The fourth-order valence-electron chi connectivity index (χ4n) is 1.66. The van der Waals surface area contributed by atoms with Crippen LogP contribution in [0.25, 0.3) is 0 Å². The Morgan fingerprint density at radius 2 is 2.16 bits per heavy atom. The van der Waals surface area contributed by atoms with Crippen LogP contribution in [0, 0.1) is 6.92 Å². The van der Waals surface area contributed by atoms with Crippen molar-refractivity contribution >= 4 is 11.7 Å². The molecule has 3 N–H and O–H groups in total. The quantitative estimate of drug-likeness (QED) is 0.771. The molecule has 2 rings (SSSR count). The molecule has 0 spiro atoms. The van der Waals surface area contributed by atoms with Crippen molar-refractivity contribution in [3.05, 3.63) is 39.7 Å². The third-order valence-electron chi connectivity index (χ3n) is 2.64. The number of H-pyrrole nitrogens is 2. The molecular formula is C12H15N5O2. The highest BCUT2D eigenvalue weighted by Crippen LogP contribution is 2.10. The molecule has 0 aliphatic rings. The van der Waals surface area contributed by atoms with Crippen molar-refractivity contribution < 1.29 is 4.79 Å². The minimum absolute atomic E-state index is 0.0130. The molecule has 0 bridgehead atoms. The summed E-state index contributed by atoms with van der Waals surface area (Å²) in [6.45, 7) is 5.48. The molecule has 1 amide bonds. The summed E-state index contributed by atoms with van der Waals surface area (Å²) in [4.78, 5) is 30.8. The number of carbonyl (C=O) groups excluding carboxylic acids is 1. The van der Waals surface area contributed by atoms with Gasteiger partial charge in [-0.05, 0) is 6.92 Å². The van der Waals surface area contributed by atoms with Crippen LogP contribution < -0.4 is 10.9 Å². The zero-order valence-corrected chi connectivity index (χ0v) is 10.9. The Balaban J connectivity index is 2.35. The smallest absolute Gasteiger partial charge is 0.264 e. The fourth-order valence-corrected chi connectivity index (χ4v) is 1.66. The van der Waals surface area contributed by atoms with Crippen molar-refractivity contribution in [2.45, 2.75) is 26.7 Å². The van der Waals surface area contributed by atoms with E-state index in [1.807, 2.05) is 13.8 Å². The zero-order valence-electron chi connectivity index (χ0n) is 10.9. The number of hydrogen-bond donors (Lipinski definition) is 3. The van der Waals surface area contributed by atoms with E-state index in [0.29, 0.717) is 17.3 Å². The predicted octanol–water partition coefficient (Wildman–Crippen LogP) is 1.18. The van der Waals surface area contributed by atoms with Gasteiger partial charge in [0, 0.05) is 12.0 Å². The Morgan fingerprint density at radius 3 is 2.68 bits per heavy atom. The van der Waals surface area contributed by atoms with Crippen molar-refractivity contribution in [2.24, 2.45) is 0 Å². The molecule has 2 heterocycles. The number of anilines is 1. The monoisotopic (exact) mass is 261 g/mol. The molecule has 0 atom stereocenters. The molecular weight excluding hydrogens is 246 g/mol. The summed E-state index contributed by atoms with van der Waals surface area (Å²) in [5, 5.41) is 8.85. The Labute approximate surface area is 109 Å². The number of nitrogens with zero attached hydrogens (tertiary/aromatic N) is 2. The zero-order chi connectivity index (χ0) is 14.0. The highest BCUT2D eigenvalue weighted by atomic mass is 16.2. The van der Waals surface area contributed by atoms with Gasteiger partial charge in [-0.25, -0.2) is 4.98 Å². The van der Waals surface area contributed by atoms with E-state index in [9.17, 15) is 9.59 Å². The number of rotatable bonds is 3. The molecule has 0 unspecified atom stereocenters. The van der Waals surface area contributed by atoms with Crippen LogP contribution >= 0.6 is 0 Å². The second kappa shape index (κ2) is 5.05. The normalized spacial score (nSPS) is 10.7. The Bertz CT molecular complexity index is 643. The van der Waals surface area contributed by atoms with Crippen LogP contribution in [0.1, 0.15) is 41.6 Å². The Morgan fingerprint density at radius 1 is 1.42 bits per heavy atom. The highest BCUT2D eigenvalue weighted by molar-refractivity contribution is 6.04. The molecule has 0 aliphatic carbocycles. The summed E-state index contributed by atoms with van der Waals surface area (Å²) >= 11 is 0. The van der Waals surface area contributed by atoms with Crippen molar-refractivity contribution in [1.29, 1.82) is 0 Å². The number of aromatic amines is 2. The molecule has 7 heteroatoms. The SMILES string of the molecule is Cc1nc(C(C)C)[nH]c(=O)c1C(=O)Nc1ccn[nH]1. The van der Waals surface area contributed by atoms with Gasteiger partial charge in [0.15, 0.2) is 0 Å². The summed E-state index contributed by atoms with van der Waals surface area (Å²) in [5.41, 5.74) is -0.0170. The van der Waals surface area contributed by atoms with E-state index in [1.54, 1.807) is 13.0 Å². The van der Waals surface area contributed by atoms with E-state index in [1.165, 1.54) is 6.20 Å². The van der Waals surface area contributed by atoms with Crippen LogP contribution in [-0.4, -0.2) is 26.1 Å². The van der Waals surface area contributed by atoms with E-state index in [4.69, 9.17) is 0 Å². The molecule has 2 aromatic rings. The van der Waals surface area contributed by atoms with Gasteiger partial charge in [0.1, 0.15) is 17.2 Å². The number of carbonyl (C=O) groups is 1. The summed E-state index contributed by atoms with van der Waals surface area (Å²) < 4.78 is 0. The topological polar surface area (TPSA) is 104 Å². The maximum absolute atomic E-state index is 12.0. The largest absolute Gasteiger partial charge is 0.310 e. The van der Waals surface area contributed by atoms with Gasteiger partial charge in [-0.3, -0.25) is 14.7 Å². The van der Waals surface area contributed by atoms with Gasteiger partial charge in [-0.2, -0.15) is 5.10 Å². The van der Waals surface area contributed by atoms with Gasteiger partial charge < -0.3 is 10.3 Å². The number of aromatic nitrogens is 4. The first-order valence-corrected chi connectivity index (χ1v) is 5.90. The van der Waals surface area contributed by atoms with Crippen LogP contribution in [-0.2, 0) is 0 Å². The van der Waals surface area contributed by atoms with Crippen LogP contribution in [0.5, 0.6) is 0 Å². The average molecular weight is 261 g/mol. The number of aryl methyl sites for hydroxylation is 1. The van der Waals surface area contributed by atoms with Crippen molar-refractivity contribution in [2.75, 3.05) is 5.32 Å². The Hall–Kier alpha value is -2.44. The van der Waals surface area contributed by atoms with Crippen molar-refractivity contribution in [3.8, 4) is 0 Å². The molecule has 0 saturated carbocycles. The molecule has 19 heavy (non-hydrogen) atoms. The van der Waals surface area contributed by atoms with Crippen LogP contribution in [0.2, 0.25) is 0 Å². The highest BCUT2D eigenvalue weighted by Gasteiger charge is 2.17. The summed E-state index contributed by atoms with van der Waals surface area (Å²) in [6, 6.07) is 1.59. The average Bonchev–Trinajstić information content (AvgIpc) is 2.80. The van der Waals surface area contributed by atoms with Crippen LogP contribution in [0.3, 0.4) is 0 Å². The van der Waals surface area contributed by atoms with Crippen LogP contribution in [0.15, 0.2) is 17.1 Å². The predicted molar refractivity (Wildman–Crippen MR) is 70.2 cm³/mol. The second-order valence-corrected chi connectivity index (χ2v) is 4.49. The van der Waals surface area contributed by atoms with E-state index >= 15 is 0 Å². The summed E-state index contributed by atoms with van der Waals surface area (Å²) in [7, 11) is 0. The molecule has 0 aliphatic heterocycles. The second-order valence-electron chi connectivity index (χ2n) is 4.49. The van der Waals surface area contributed by atoms with E-state index < -0.39 is 11.5 Å². The molecule has 7 nitrogen and oxygen atoms in total. The molecule has 0 saturated heterocycles. The van der Waals surface area contributed by atoms with E-state index in [0.717, 1.165) is 0 Å². The van der Waals surface area contributed by atoms with Crippen LogP contribution in [0.4, 0.5) is 5.82 Å². The van der Waals surface area contributed by atoms with Crippen molar-refractivity contribution in [3.63, 3.8) is 0 Å². The molecule has 100 valence electrons. The first kappa shape index (κ1) is 13.0. The number of amides is 1. The van der Waals surface area contributed by atoms with Gasteiger partial charge in [0.25, 0.3) is 11.5 Å². The van der Waals surface area contributed by atoms with Crippen molar-refractivity contribution in [1.82, 2.24) is 20.2 Å². The minimum Gasteiger partial charge on any atom is -0.310 e. The third kappa shape index (κ3) is 2.70. The van der Waals surface area contributed by atoms with Gasteiger partial charge in [0.05, 0.1) is 11.9 Å². The lowest BCUT2D eigenvalue weighted by Gasteiger charge is -2.08. The van der Waals surface area contributed by atoms with Gasteiger partial charge >= 0.3 is 0 Å². The first-order chi connectivity index (χ1) is 8.99. The standard InChI is InChI=1S/C12H15N5O2/c1-6(2)10-14-7(3)9(12(19)16-10)11(18)15-8-4-5-13-17-8/h4-6H,1-3H3,(H,14,16,19)(H2,13,15,17,18). The molecule has 0 radical (unpaired) electrons. The number of nitrogens with one attached hydrogen (secondary N) is 3. The summed E-state index contributed by atoms with van der Waals surface area (Å²) in [6.07, 6.45) is 1.51. The maximum Gasteiger partial charge on any atom is 0.264 e. The van der Waals surface area contributed by atoms with Gasteiger partial charge in [-0.15, -0.1) is 0 Å². The first-order valence-electron chi connectivity index (χ1n) is 5.90. The third-order valence-corrected chi connectivity index (χ3v) is 2.64. The lowest BCUT2D eigenvalue weighted by molar-refractivity contribution is 0.102. The molecule has 2 aromatic heterocycles. The van der Waals surface area contributed by atoms with E-state index in [2.05, 4.69) is 25.5 Å². The molecule has 0 fully saturated rings. The minimum atomic E-state index is -0.509. The fraction of sp³-hybridized carbons (Fsp3) is 0.333. The lowest BCUT2D eigenvalue weighted by Crippen LogP contribution is -2.27. The maximum atomic E-state index is 12.0. The van der Waals surface area contributed by atoms with Gasteiger partial charge in [0.2, 0.25) is 0 Å². The molecule has 0 aromatic carbocycles. The van der Waals surface area contributed by atoms with E-state index in [-0.39, 0.29) is 11.5 Å². The summed E-state index contributed by atoms with van der Waals surface area (Å²) in [5.74, 6) is 0.583. The Kier molecular flexibility index (Phi) is 3.46.